The number of halogens is 1. The predicted octanol–water partition coefficient (Wildman–Crippen LogP) is 3.02. The van der Waals surface area contributed by atoms with E-state index in [1.807, 2.05) is 0 Å². The van der Waals surface area contributed by atoms with Crippen LogP contribution in [0.1, 0.15) is 19.3 Å². The maximum Gasteiger partial charge on any atom is 0.271 e. The summed E-state index contributed by atoms with van der Waals surface area (Å²) in [5.74, 6) is 1.15. The Morgan fingerprint density at radius 1 is 1.53 bits per heavy atom. The summed E-state index contributed by atoms with van der Waals surface area (Å²) in [6, 6.07) is 4.28. The Morgan fingerprint density at radius 2 is 2.37 bits per heavy atom. The van der Waals surface area contributed by atoms with Gasteiger partial charge in [-0.2, -0.15) is 0 Å². The maximum atomic E-state index is 10.6. The first-order valence-electron chi connectivity index (χ1n) is 6.44. The number of nitrogens with zero attached hydrogens (tertiary/aromatic N) is 1. The van der Waals surface area contributed by atoms with Crippen molar-refractivity contribution in [3.8, 4) is 5.75 Å². The van der Waals surface area contributed by atoms with Gasteiger partial charge in [0.2, 0.25) is 0 Å². The molecule has 0 spiro atoms. The second-order valence-corrected chi connectivity index (χ2v) is 5.13. The van der Waals surface area contributed by atoms with E-state index in [0.29, 0.717) is 18.3 Å². The van der Waals surface area contributed by atoms with E-state index in [-0.39, 0.29) is 10.7 Å². The molecule has 1 aliphatic rings. The Hall–Kier alpha value is -1.33. The number of nitrogens with one attached hydrogen (secondary N) is 1. The average Bonchev–Trinajstić information content (AvgIpc) is 2.41. The lowest BCUT2D eigenvalue weighted by Gasteiger charge is -2.22. The molecule has 1 fully saturated rings. The fraction of sp³-hybridized carbons (Fsp3) is 0.538. The van der Waals surface area contributed by atoms with E-state index in [4.69, 9.17) is 16.3 Å². The highest BCUT2D eigenvalue weighted by Gasteiger charge is 2.14. The number of ether oxygens (including phenoxy) is 1. The lowest BCUT2D eigenvalue weighted by atomic mass is 9.97. The summed E-state index contributed by atoms with van der Waals surface area (Å²) in [4.78, 5) is 10.1. The zero-order chi connectivity index (χ0) is 13.7. The van der Waals surface area contributed by atoms with E-state index in [1.54, 1.807) is 6.07 Å². The summed E-state index contributed by atoms with van der Waals surface area (Å²) < 4.78 is 5.59. The monoisotopic (exact) mass is 284 g/mol. The Balaban J connectivity index is 1.83. The van der Waals surface area contributed by atoms with Crippen molar-refractivity contribution in [2.75, 3.05) is 19.7 Å². The van der Waals surface area contributed by atoms with Gasteiger partial charge in [0.1, 0.15) is 5.75 Å². The number of benzene rings is 1. The zero-order valence-electron chi connectivity index (χ0n) is 10.6. The van der Waals surface area contributed by atoms with Crippen LogP contribution in [0, 0.1) is 16.0 Å². The molecule has 1 aromatic carbocycles. The zero-order valence-corrected chi connectivity index (χ0v) is 11.4. The number of nitro groups is 1. The number of piperidine rings is 1. The normalized spacial score (nSPS) is 19.1. The SMILES string of the molecule is O=[N+]([O-])c1ccc(OCC[C@@H]2CCCNC2)c(Cl)c1. The molecule has 6 heteroatoms. The highest BCUT2D eigenvalue weighted by Crippen LogP contribution is 2.29. The Kier molecular flexibility index (Phi) is 4.99. The molecule has 1 aliphatic heterocycles. The van der Waals surface area contributed by atoms with Gasteiger partial charge in [-0.1, -0.05) is 11.6 Å². The van der Waals surface area contributed by atoms with E-state index < -0.39 is 4.92 Å². The fourth-order valence-electron chi connectivity index (χ4n) is 2.23. The van der Waals surface area contributed by atoms with Crippen LogP contribution in [0.2, 0.25) is 5.02 Å². The van der Waals surface area contributed by atoms with Crippen molar-refractivity contribution in [1.29, 1.82) is 0 Å². The lowest BCUT2D eigenvalue weighted by Crippen LogP contribution is -2.30. The second-order valence-electron chi connectivity index (χ2n) is 4.72. The van der Waals surface area contributed by atoms with Crippen molar-refractivity contribution in [3.05, 3.63) is 33.3 Å². The number of rotatable bonds is 5. The van der Waals surface area contributed by atoms with Gasteiger partial charge in [0, 0.05) is 12.1 Å². The molecule has 0 saturated carbocycles. The topological polar surface area (TPSA) is 64.4 Å². The molecule has 5 nitrogen and oxygen atoms in total. The molecule has 1 N–H and O–H groups in total. The summed E-state index contributed by atoms with van der Waals surface area (Å²) in [5.41, 5.74) is -0.0196. The molecule has 2 rings (SSSR count). The summed E-state index contributed by atoms with van der Waals surface area (Å²) in [6.07, 6.45) is 3.41. The molecule has 0 amide bonds. The van der Waals surface area contributed by atoms with Gasteiger partial charge in [-0.05, 0) is 44.3 Å². The quantitative estimate of drug-likeness (QED) is 0.667. The molecule has 104 valence electrons. The van der Waals surface area contributed by atoms with Gasteiger partial charge in [0.15, 0.2) is 0 Å². The Labute approximate surface area is 117 Å². The molecule has 1 saturated heterocycles. The molecule has 1 aromatic rings. The highest BCUT2D eigenvalue weighted by molar-refractivity contribution is 6.32. The van der Waals surface area contributed by atoms with Crippen LogP contribution >= 0.6 is 11.6 Å². The van der Waals surface area contributed by atoms with Crippen LogP contribution in [-0.4, -0.2) is 24.6 Å². The lowest BCUT2D eigenvalue weighted by molar-refractivity contribution is -0.384. The summed E-state index contributed by atoms with van der Waals surface area (Å²) in [7, 11) is 0. The predicted molar refractivity (Wildman–Crippen MR) is 73.8 cm³/mol. The van der Waals surface area contributed by atoms with E-state index >= 15 is 0 Å². The number of hydrogen-bond acceptors (Lipinski definition) is 4. The van der Waals surface area contributed by atoms with Gasteiger partial charge in [-0.3, -0.25) is 10.1 Å². The maximum absolute atomic E-state index is 10.6. The minimum Gasteiger partial charge on any atom is -0.492 e. The molecular formula is C13H17ClN2O3. The minimum absolute atomic E-state index is 0.0196. The number of hydrogen-bond donors (Lipinski definition) is 1. The van der Waals surface area contributed by atoms with Crippen molar-refractivity contribution >= 4 is 17.3 Å². The van der Waals surface area contributed by atoms with Crippen LogP contribution in [0.3, 0.4) is 0 Å². The Morgan fingerprint density at radius 3 is 3.00 bits per heavy atom. The molecule has 0 aromatic heterocycles. The van der Waals surface area contributed by atoms with Crippen molar-refractivity contribution in [2.24, 2.45) is 5.92 Å². The van der Waals surface area contributed by atoms with Crippen molar-refractivity contribution < 1.29 is 9.66 Å². The van der Waals surface area contributed by atoms with Crippen LogP contribution in [0.25, 0.3) is 0 Å². The number of non-ortho nitro benzene ring substituents is 1. The van der Waals surface area contributed by atoms with E-state index in [0.717, 1.165) is 19.5 Å². The molecular weight excluding hydrogens is 268 g/mol. The van der Waals surface area contributed by atoms with E-state index in [9.17, 15) is 10.1 Å². The van der Waals surface area contributed by atoms with Gasteiger partial charge in [0.05, 0.1) is 16.6 Å². The summed E-state index contributed by atoms with van der Waals surface area (Å²) >= 11 is 5.95. The third-order valence-corrected chi connectivity index (χ3v) is 3.60. The second kappa shape index (κ2) is 6.73. The van der Waals surface area contributed by atoms with Crippen LogP contribution in [0.15, 0.2) is 18.2 Å². The van der Waals surface area contributed by atoms with Gasteiger partial charge in [-0.15, -0.1) is 0 Å². The van der Waals surface area contributed by atoms with Crippen LogP contribution < -0.4 is 10.1 Å². The van der Waals surface area contributed by atoms with E-state index in [1.165, 1.54) is 25.0 Å². The third kappa shape index (κ3) is 4.08. The largest absolute Gasteiger partial charge is 0.492 e. The molecule has 1 heterocycles. The van der Waals surface area contributed by atoms with Gasteiger partial charge in [-0.25, -0.2) is 0 Å². The summed E-state index contributed by atoms with van der Waals surface area (Å²) in [6.45, 7) is 2.73. The van der Waals surface area contributed by atoms with Gasteiger partial charge >= 0.3 is 0 Å². The van der Waals surface area contributed by atoms with Crippen LogP contribution in [-0.2, 0) is 0 Å². The fourth-order valence-corrected chi connectivity index (χ4v) is 2.46. The third-order valence-electron chi connectivity index (χ3n) is 3.31. The van der Waals surface area contributed by atoms with Crippen molar-refractivity contribution in [2.45, 2.75) is 19.3 Å². The first-order valence-corrected chi connectivity index (χ1v) is 6.82. The first-order chi connectivity index (χ1) is 9.16. The molecule has 0 bridgehead atoms. The molecule has 0 radical (unpaired) electrons. The first kappa shape index (κ1) is 14.1. The molecule has 1 atom stereocenters. The van der Waals surface area contributed by atoms with Crippen LogP contribution in [0.4, 0.5) is 5.69 Å². The highest BCUT2D eigenvalue weighted by atomic mass is 35.5. The smallest absolute Gasteiger partial charge is 0.271 e. The molecule has 0 unspecified atom stereocenters. The number of nitro benzene ring substituents is 1. The molecule has 0 aliphatic carbocycles. The van der Waals surface area contributed by atoms with Crippen molar-refractivity contribution in [1.82, 2.24) is 5.32 Å². The Bertz CT molecular complexity index is 448. The van der Waals surface area contributed by atoms with Gasteiger partial charge < -0.3 is 10.1 Å². The minimum atomic E-state index is -0.469. The standard InChI is InChI=1S/C13H17ClN2O3/c14-12-8-11(16(17)18)3-4-13(12)19-7-5-10-2-1-6-15-9-10/h3-4,8,10,15H,1-2,5-7,9H2/t10-/m0/s1. The average molecular weight is 285 g/mol. The van der Waals surface area contributed by atoms with E-state index in [2.05, 4.69) is 5.32 Å². The van der Waals surface area contributed by atoms with Gasteiger partial charge in [0.25, 0.3) is 5.69 Å². The summed E-state index contributed by atoms with van der Waals surface area (Å²) in [5, 5.41) is 14.2. The molecule has 19 heavy (non-hydrogen) atoms. The van der Waals surface area contributed by atoms with Crippen molar-refractivity contribution in [3.63, 3.8) is 0 Å². The van der Waals surface area contributed by atoms with Crippen LogP contribution in [0.5, 0.6) is 5.75 Å².